The second kappa shape index (κ2) is 8.46. The average Bonchev–Trinajstić information content (AvgIpc) is 2.71. The molecule has 178 valence electrons. The van der Waals surface area contributed by atoms with Crippen LogP contribution in [0.3, 0.4) is 0 Å². The van der Waals surface area contributed by atoms with E-state index >= 15 is 0 Å². The number of hydrogen-bond acceptors (Lipinski definition) is 2. The SMILES string of the molecule is CC(C)[C@H](O)CC[C@@H](C)[C@H]1CCC[C@H]2[C@@H]3CC=C4C[C@@](C)(O)CC[C@]4(C)[C@H]3CC[C@]12C. The molecule has 0 bridgehead atoms. The van der Waals surface area contributed by atoms with Crippen LogP contribution in [-0.2, 0) is 0 Å². The van der Waals surface area contributed by atoms with E-state index in [0.29, 0.717) is 22.7 Å². The van der Waals surface area contributed by atoms with Gasteiger partial charge < -0.3 is 10.2 Å². The fourth-order valence-electron chi connectivity index (χ4n) is 8.95. The van der Waals surface area contributed by atoms with Crippen molar-refractivity contribution in [2.45, 2.75) is 124 Å². The molecule has 0 saturated heterocycles. The molecule has 31 heavy (non-hydrogen) atoms. The van der Waals surface area contributed by atoms with E-state index in [4.69, 9.17) is 0 Å². The number of rotatable bonds is 5. The van der Waals surface area contributed by atoms with Crippen molar-refractivity contribution in [1.29, 1.82) is 0 Å². The summed E-state index contributed by atoms with van der Waals surface area (Å²) in [6.07, 6.45) is 15.8. The van der Waals surface area contributed by atoms with Crippen molar-refractivity contribution in [3.05, 3.63) is 11.6 Å². The molecule has 2 nitrogen and oxygen atoms in total. The van der Waals surface area contributed by atoms with Crippen LogP contribution in [0.2, 0.25) is 0 Å². The molecule has 0 amide bonds. The lowest BCUT2D eigenvalue weighted by atomic mass is 9.42. The van der Waals surface area contributed by atoms with E-state index in [-0.39, 0.29) is 6.10 Å². The van der Waals surface area contributed by atoms with Gasteiger partial charge in [-0.3, -0.25) is 0 Å². The van der Waals surface area contributed by atoms with Crippen LogP contribution in [0.1, 0.15) is 112 Å². The zero-order valence-corrected chi connectivity index (χ0v) is 21.3. The van der Waals surface area contributed by atoms with Crippen molar-refractivity contribution in [3.8, 4) is 0 Å². The molecule has 0 aromatic rings. The molecule has 2 N–H and O–H groups in total. The van der Waals surface area contributed by atoms with E-state index in [1.165, 1.54) is 51.4 Å². The van der Waals surface area contributed by atoms with Crippen LogP contribution in [-0.4, -0.2) is 21.9 Å². The average molecular weight is 431 g/mol. The molecule has 3 saturated carbocycles. The maximum absolute atomic E-state index is 10.7. The third-order valence-corrected chi connectivity index (χ3v) is 11.1. The molecular weight excluding hydrogens is 380 g/mol. The zero-order chi connectivity index (χ0) is 22.6. The van der Waals surface area contributed by atoms with Crippen molar-refractivity contribution in [2.24, 2.45) is 46.3 Å². The zero-order valence-electron chi connectivity index (χ0n) is 21.3. The first kappa shape index (κ1) is 23.8. The van der Waals surface area contributed by atoms with Crippen LogP contribution < -0.4 is 0 Å². The Morgan fingerprint density at radius 3 is 2.42 bits per heavy atom. The molecule has 9 atom stereocenters. The van der Waals surface area contributed by atoms with Gasteiger partial charge in [0.1, 0.15) is 0 Å². The Bertz CT molecular complexity index is 678. The van der Waals surface area contributed by atoms with Crippen molar-refractivity contribution in [2.75, 3.05) is 0 Å². The third kappa shape index (κ3) is 4.18. The van der Waals surface area contributed by atoms with Gasteiger partial charge in [-0.25, -0.2) is 0 Å². The highest BCUT2D eigenvalue weighted by Gasteiger charge is 2.58. The van der Waals surface area contributed by atoms with Crippen LogP contribution in [0.5, 0.6) is 0 Å². The summed E-state index contributed by atoms with van der Waals surface area (Å²) in [5.41, 5.74) is 1.89. The van der Waals surface area contributed by atoms with Gasteiger partial charge in [-0.1, -0.05) is 52.7 Å². The lowest BCUT2D eigenvalue weighted by molar-refractivity contribution is -0.115. The molecule has 0 spiro atoms. The summed E-state index contributed by atoms with van der Waals surface area (Å²) in [5.74, 6) is 4.42. The molecule has 0 aromatic carbocycles. The highest BCUT2D eigenvalue weighted by atomic mass is 16.3. The Balaban J connectivity index is 1.52. The molecule has 0 unspecified atom stereocenters. The van der Waals surface area contributed by atoms with Gasteiger partial charge in [0.15, 0.2) is 0 Å². The van der Waals surface area contributed by atoms with E-state index in [2.05, 4.69) is 40.7 Å². The second-order valence-corrected chi connectivity index (χ2v) is 13.4. The first-order valence-electron chi connectivity index (χ1n) is 13.6. The molecule has 0 heterocycles. The highest BCUT2D eigenvalue weighted by molar-refractivity contribution is 5.26. The van der Waals surface area contributed by atoms with Gasteiger partial charge in [0.05, 0.1) is 11.7 Å². The van der Waals surface area contributed by atoms with Crippen molar-refractivity contribution < 1.29 is 10.2 Å². The minimum absolute atomic E-state index is 0.143. The quantitative estimate of drug-likeness (QED) is 0.455. The largest absolute Gasteiger partial charge is 0.393 e. The maximum atomic E-state index is 10.7. The van der Waals surface area contributed by atoms with Crippen LogP contribution in [0.15, 0.2) is 11.6 Å². The number of allylic oxidation sites excluding steroid dienone is 1. The lowest BCUT2D eigenvalue weighted by Gasteiger charge is -2.63. The van der Waals surface area contributed by atoms with Gasteiger partial charge in [-0.2, -0.15) is 0 Å². The summed E-state index contributed by atoms with van der Waals surface area (Å²) < 4.78 is 0. The standard InChI is InChI=1S/C29H50O2/c1-19(2)26(30)13-10-20(3)23-8-7-9-24-22-12-11-21-18-27(4,31)16-17-28(21,5)25(22)14-15-29(23,24)6/h11,19-20,22-26,30-31H,7-10,12-18H2,1-6H3/t20-,22+,23-,24+,25+,26-,27+,28+,29-/m1/s1. The number of fused-ring (bicyclic) bond motifs is 5. The van der Waals surface area contributed by atoms with Gasteiger partial charge >= 0.3 is 0 Å². The maximum Gasteiger partial charge on any atom is 0.0657 e. The first-order chi connectivity index (χ1) is 14.5. The Morgan fingerprint density at radius 1 is 0.968 bits per heavy atom. The van der Waals surface area contributed by atoms with Crippen molar-refractivity contribution in [3.63, 3.8) is 0 Å². The van der Waals surface area contributed by atoms with Gasteiger partial charge in [0.25, 0.3) is 0 Å². The van der Waals surface area contributed by atoms with Crippen LogP contribution in [0.25, 0.3) is 0 Å². The molecule has 0 aromatic heterocycles. The molecule has 4 rings (SSSR count). The molecule has 4 aliphatic carbocycles. The number of aliphatic hydroxyl groups is 2. The van der Waals surface area contributed by atoms with Gasteiger partial charge in [0, 0.05) is 0 Å². The Kier molecular flexibility index (Phi) is 6.50. The summed E-state index contributed by atoms with van der Waals surface area (Å²) in [6, 6.07) is 0. The lowest BCUT2D eigenvalue weighted by Crippen LogP contribution is -2.55. The van der Waals surface area contributed by atoms with E-state index in [0.717, 1.165) is 42.9 Å². The van der Waals surface area contributed by atoms with Crippen molar-refractivity contribution in [1.82, 2.24) is 0 Å². The molecule has 4 aliphatic rings. The second-order valence-electron chi connectivity index (χ2n) is 13.4. The summed E-state index contributed by atoms with van der Waals surface area (Å²) in [7, 11) is 0. The minimum Gasteiger partial charge on any atom is -0.393 e. The van der Waals surface area contributed by atoms with Crippen molar-refractivity contribution >= 4 is 0 Å². The monoisotopic (exact) mass is 430 g/mol. The van der Waals surface area contributed by atoms with Gasteiger partial charge in [0.2, 0.25) is 0 Å². The third-order valence-electron chi connectivity index (χ3n) is 11.1. The summed E-state index contributed by atoms with van der Waals surface area (Å²) in [6.45, 7) is 14.0. The predicted octanol–water partition coefficient (Wildman–Crippen LogP) is 7.14. The number of aliphatic hydroxyl groups excluding tert-OH is 1. The molecule has 0 aliphatic heterocycles. The molecule has 0 radical (unpaired) electrons. The van der Waals surface area contributed by atoms with Crippen LogP contribution in [0.4, 0.5) is 0 Å². The fraction of sp³-hybridized carbons (Fsp3) is 0.931. The van der Waals surface area contributed by atoms with E-state index in [1.54, 1.807) is 5.57 Å². The van der Waals surface area contributed by atoms with Gasteiger partial charge in [-0.15, -0.1) is 0 Å². The fourth-order valence-corrected chi connectivity index (χ4v) is 8.95. The van der Waals surface area contributed by atoms with Gasteiger partial charge in [-0.05, 0) is 117 Å². The minimum atomic E-state index is -0.493. The van der Waals surface area contributed by atoms with E-state index in [1.807, 2.05) is 6.92 Å². The smallest absolute Gasteiger partial charge is 0.0657 e. The van der Waals surface area contributed by atoms with Crippen LogP contribution >= 0.6 is 0 Å². The Morgan fingerprint density at radius 2 is 1.71 bits per heavy atom. The normalized spacial score (nSPS) is 47.1. The topological polar surface area (TPSA) is 40.5 Å². The Hall–Kier alpha value is -0.340. The highest BCUT2D eigenvalue weighted by Crippen LogP contribution is 2.66. The predicted molar refractivity (Wildman–Crippen MR) is 130 cm³/mol. The Labute approximate surface area is 192 Å². The summed E-state index contributed by atoms with van der Waals surface area (Å²) >= 11 is 0. The van der Waals surface area contributed by atoms with E-state index in [9.17, 15) is 10.2 Å². The summed E-state index contributed by atoms with van der Waals surface area (Å²) in [4.78, 5) is 0. The first-order valence-corrected chi connectivity index (χ1v) is 13.6. The number of hydrogen-bond donors (Lipinski definition) is 2. The molecule has 2 heteroatoms. The van der Waals surface area contributed by atoms with Crippen LogP contribution in [0, 0.1) is 46.3 Å². The summed E-state index contributed by atoms with van der Waals surface area (Å²) in [5, 5.41) is 21.1. The van der Waals surface area contributed by atoms with E-state index < -0.39 is 5.60 Å². The molecular formula is C29H50O2. The molecule has 3 fully saturated rings.